The van der Waals surface area contributed by atoms with Crippen molar-refractivity contribution in [2.45, 2.75) is 6.04 Å². The van der Waals surface area contributed by atoms with Crippen LogP contribution in [-0.2, 0) is 0 Å². The second-order valence-corrected chi connectivity index (χ2v) is 2.54. The van der Waals surface area contributed by atoms with Crippen molar-refractivity contribution in [2.75, 3.05) is 6.54 Å². The van der Waals surface area contributed by atoms with Crippen LogP contribution in [0.5, 0.6) is 0 Å². The fourth-order valence-electron chi connectivity index (χ4n) is 1.05. The van der Waals surface area contributed by atoms with Crippen LogP contribution in [0.1, 0.15) is 17.2 Å². The largest absolute Gasteiger partial charge is 0.329 e. The number of hydrogen-bond acceptors (Lipinski definition) is 3. The van der Waals surface area contributed by atoms with E-state index >= 15 is 0 Å². The topological polar surface area (TPSA) is 75.8 Å². The van der Waals surface area contributed by atoms with Gasteiger partial charge in [0.2, 0.25) is 0 Å². The summed E-state index contributed by atoms with van der Waals surface area (Å²) in [6, 6.07) is 9.07. The van der Waals surface area contributed by atoms with E-state index in [2.05, 4.69) is 6.07 Å². The molecular formula is C9H11N3. The van der Waals surface area contributed by atoms with E-state index in [1.54, 1.807) is 6.07 Å². The van der Waals surface area contributed by atoms with Crippen molar-refractivity contribution < 1.29 is 0 Å². The van der Waals surface area contributed by atoms with Gasteiger partial charge in [0.15, 0.2) is 0 Å². The zero-order chi connectivity index (χ0) is 8.97. The molecule has 0 unspecified atom stereocenters. The SMILES string of the molecule is N#Cc1ccccc1[C@@H](N)CN. The van der Waals surface area contributed by atoms with Crippen LogP contribution < -0.4 is 11.5 Å². The summed E-state index contributed by atoms with van der Waals surface area (Å²) in [5.74, 6) is 0. The van der Waals surface area contributed by atoms with E-state index in [9.17, 15) is 0 Å². The van der Waals surface area contributed by atoms with Gasteiger partial charge in [-0.15, -0.1) is 0 Å². The molecule has 4 N–H and O–H groups in total. The molecule has 0 spiro atoms. The van der Waals surface area contributed by atoms with Crippen molar-refractivity contribution in [1.29, 1.82) is 5.26 Å². The number of nitriles is 1. The minimum atomic E-state index is -0.235. The monoisotopic (exact) mass is 161 g/mol. The molecule has 0 aromatic heterocycles. The fraction of sp³-hybridized carbons (Fsp3) is 0.222. The lowest BCUT2D eigenvalue weighted by molar-refractivity contribution is 0.735. The second-order valence-electron chi connectivity index (χ2n) is 2.54. The van der Waals surface area contributed by atoms with E-state index in [0.717, 1.165) is 5.56 Å². The van der Waals surface area contributed by atoms with Gasteiger partial charge in [-0.05, 0) is 11.6 Å². The maximum absolute atomic E-state index is 8.72. The highest BCUT2D eigenvalue weighted by molar-refractivity contribution is 5.39. The first-order valence-corrected chi connectivity index (χ1v) is 3.74. The summed E-state index contributed by atoms with van der Waals surface area (Å²) in [6.45, 7) is 0.360. The minimum absolute atomic E-state index is 0.235. The standard InChI is InChI=1S/C9H11N3/c10-5-7-3-1-2-4-8(7)9(12)6-11/h1-4,9H,6,11-12H2/t9-/m0/s1. The molecule has 0 saturated heterocycles. The number of benzene rings is 1. The van der Waals surface area contributed by atoms with Gasteiger partial charge >= 0.3 is 0 Å². The Kier molecular flexibility index (Phi) is 2.81. The summed E-state index contributed by atoms with van der Waals surface area (Å²) in [6.07, 6.45) is 0. The molecule has 1 aromatic carbocycles. The van der Waals surface area contributed by atoms with Crippen molar-refractivity contribution >= 4 is 0 Å². The molecule has 12 heavy (non-hydrogen) atoms. The molecule has 62 valence electrons. The van der Waals surface area contributed by atoms with Crippen molar-refractivity contribution in [1.82, 2.24) is 0 Å². The molecule has 3 nitrogen and oxygen atoms in total. The van der Waals surface area contributed by atoms with Crippen LogP contribution in [0, 0.1) is 11.3 Å². The van der Waals surface area contributed by atoms with Gasteiger partial charge in [-0.25, -0.2) is 0 Å². The Bertz CT molecular complexity index is 301. The van der Waals surface area contributed by atoms with Gasteiger partial charge in [0.25, 0.3) is 0 Å². The summed E-state index contributed by atoms with van der Waals surface area (Å²) in [5.41, 5.74) is 12.5. The fourth-order valence-corrected chi connectivity index (χ4v) is 1.05. The first-order chi connectivity index (χ1) is 5.79. The Hall–Kier alpha value is -1.37. The molecule has 3 heteroatoms. The normalized spacial score (nSPS) is 12.1. The average Bonchev–Trinajstić information content (AvgIpc) is 2.16. The third kappa shape index (κ3) is 1.62. The van der Waals surface area contributed by atoms with E-state index in [1.807, 2.05) is 18.2 Å². The van der Waals surface area contributed by atoms with Crippen LogP contribution >= 0.6 is 0 Å². The van der Waals surface area contributed by atoms with E-state index in [0.29, 0.717) is 12.1 Å². The van der Waals surface area contributed by atoms with Crippen LogP contribution in [0.25, 0.3) is 0 Å². The number of nitrogens with zero attached hydrogens (tertiary/aromatic N) is 1. The molecule has 1 rings (SSSR count). The lowest BCUT2D eigenvalue weighted by atomic mass is 10.0. The maximum Gasteiger partial charge on any atom is 0.0995 e. The Morgan fingerprint density at radius 1 is 1.42 bits per heavy atom. The van der Waals surface area contributed by atoms with Gasteiger partial charge in [-0.3, -0.25) is 0 Å². The molecule has 0 bridgehead atoms. The van der Waals surface area contributed by atoms with Crippen LogP contribution in [-0.4, -0.2) is 6.54 Å². The van der Waals surface area contributed by atoms with Gasteiger partial charge < -0.3 is 11.5 Å². The molecule has 0 aliphatic rings. The average molecular weight is 161 g/mol. The van der Waals surface area contributed by atoms with Crippen molar-refractivity contribution in [3.63, 3.8) is 0 Å². The number of nitrogens with two attached hydrogens (primary N) is 2. The number of rotatable bonds is 2. The lowest BCUT2D eigenvalue weighted by Crippen LogP contribution is -2.21. The Morgan fingerprint density at radius 2 is 2.08 bits per heavy atom. The number of hydrogen-bond donors (Lipinski definition) is 2. The minimum Gasteiger partial charge on any atom is -0.329 e. The zero-order valence-corrected chi connectivity index (χ0v) is 6.70. The molecule has 0 heterocycles. The molecule has 1 atom stereocenters. The van der Waals surface area contributed by atoms with E-state index in [1.165, 1.54) is 0 Å². The van der Waals surface area contributed by atoms with Crippen LogP contribution in [0.15, 0.2) is 24.3 Å². The van der Waals surface area contributed by atoms with Crippen molar-refractivity contribution in [3.05, 3.63) is 35.4 Å². The van der Waals surface area contributed by atoms with Gasteiger partial charge in [0, 0.05) is 12.6 Å². The lowest BCUT2D eigenvalue weighted by Gasteiger charge is -2.09. The third-order valence-electron chi connectivity index (χ3n) is 1.73. The quantitative estimate of drug-likeness (QED) is 0.663. The summed E-state index contributed by atoms with van der Waals surface area (Å²) in [5, 5.41) is 8.72. The smallest absolute Gasteiger partial charge is 0.0995 e. The summed E-state index contributed by atoms with van der Waals surface area (Å²) in [7, 11) is 0. The van der Waals surface area contributed by atoms with Gasteiger partial charge in [-0.1, -0.05) is 18.2 Å². The maximum atomic E-state index is 8.72. The molecule has 0 saturated carbocycles. The molecule has 0 aliphatic carbocycles. The first kappa shape index (κ1) is 8.72. The molecule has 0 amide bonds. The van der Waals surface area contributed by atoms with Crippen molar-refractivity contribution in [3.8, 4) is 6.07 Å². The van der Waals surface area contributed by atoms with Crippen LogP contribution in [0.4, 0.5) is 0 Å². The third-order valence-corrected chi connectivity index (χ3v) is 1.73. The summed E-state index contributed by atoms with van der Waals surface area (Å²) >= 11 is 0. The van der Waals surface area contributed by atoms with Gasteiger partial charge in [0.1, 0.15) is 0 Å². The molecule has 0 radical (unpaired) electrons. The highest BCUT2D eigenvalue weighted by atomic mass is 14.7. The molecule has 0 fully saturated rings. The van der Waals surface area contributed by atoms with E-state index < -0.39 is 0 Å². The summed E-state index contributed by atoms with van der Waals surface area (Å²) in [4.78, 5) is 0. The Balaban J connectivity index is 3.07. The van der Waals surface area contributed by atoms with E-state index in [4.69, 9.17) is 16.7 Å². The first-order valence-electron chi connectivity index (χ1n) is 3.74. The van der Waals surface area contributed by atoms with Crippen molar-refractivity contribution in [2.24, 2.45) is 11.5 Å². The van der Waals surface area contributed by atoms with Crippen LogP contribution in [0.3, 0.4) is 0 Å². The highest BCUT2D eigenvalue weighted by Gasteiger charge is 2.07. The molecule has 0 aliphatic heterocycles. The molecule has 1 aromatic rings. The highest BCUT2D eigenvalue weighted by Crippen LogP contribution is 2.13. The predicted molar refractivity (Wildman–Crippen MR) is 47.1 cm³/mol. The predicted octanol–water partition coefficient (Wildman–Crippen LogP) is 0.517. The Labute approximate surface area is 71.6 Å². The van der Waals surface area contributed by atoms with E-state index in [-0.39, 0.29) is 6.04 Å². The molecular weight excluding hydrogens is 150 g/mol. The van der Waals surface area contributed by atoms with Gasteiger partial charge in [-0.2, -0.15) is 5.26 Å². The second kappa shape index (κ2) is 3.86. The summed E-state index contributed by atoms with van der Waals surface area (Å²) < 4.78 is 0. The van der Waals surface area contributed by atoms with Gasteiger partial charge in [0.05, 0.1) is 11.6 Å². The van der Waals surface area contributed by atoms with Crippen LogP contribution in [0.2, 0.25) is 0 Å². The Morgan fingerprint density at radius 3 is 2.67 bits per heavy atom. The zero-order valence-electron chi connectivity index (χ0n) is 6.70.